The van der Waals surface area contributed by atoms with Crippen LogP contribution in [0.15, 0.2) is 65.1 Å². The van der Waals surface area contributed by atoms with Gasteiger partial charge in [0.1, 0.15) is 6.04 Å². The molecule has 4 rings (SSSR count). The molecule has 3 aromatic rings. The van der Waals surface area contributed by atoms with Crippen LogP contribution in [0.3, 0.4) is 0 Å². The van der Waals surface area contributed by atoms with Crippen molar-refractivity contribution in [3.63, 3.8) is 0 Å². The Morgan fingerprint density at radius 2 is 1.67 bits per heavy atom. The number of likely N-dealkylation sites (N-methyl/N-ethyl adjacent to an activating group) is 1. The van der Waals surface area contributed by atoms with Crippen LogP contribution in [0.2, 0.25) is 0 Å². The van der Waals surface area contributed by atoms with E-state index in [9.17, 15) is 8.42 Å². The number of aromatic nitrogens is 2. The van der Waals surface area contributed by atoms with E-state index in [1.54, 1.807) is 0 Å². The summed E-state index contributed by atoms with van der Waals surface area (Å²) in [5, 5.41) is 8.52. The van der Waals surface area contributed by atoms with Gasteiger partial charge in [-0.1, -0.05) is 67.6 Å². The van der Waals surface area contributed by atoms with Crippen LogP contribution < -0.4 is 5.73 Å². The average Bonchev–Trinajstić information content (AvgIpc) is 3.41. The summed E-state index contributed by atoms with van der Waals surface area (Å²) in [6, 6.07) is 19.3. The van der Waals surface area contributed by atoms with Crippen molar-refractivity contribution in [2.24, 2.45) is 5.73 Å². The molecule has 1 unspecified atom stereocenters. The van der Waals surface area contributed by atoms with E-state index >= 15 is 0 Å². The lowest BCUT2D eigenvalue weighted by atomic mass is 9.94. The van der Waals surface area contributed by atoms with Crippen LogP contribution in [0.1, 0.15) is 49.2 Å². The fourth-order valence-electron chi connectivity index (χ4n) is 4.26. The van der Waals surface area contributed by atoms with Gasteiger partial charge in [-0.3, -0.25) is 0 Å². The summed E-state index contributed by atoms with van der Waals surface area (Å²) in [6.45, 7) is 4.95. The quantitative estimate of drug-likeness (QED) is 0.516. The van der Waals surface area contributed by atoms with Crippen LogP contribution in [0.25, 0.3) is 0 Å². The molecule has 1 fully saturated rings. The van der Waals surface area contributed by atoms with Gasteiger partial charge in [0.15, 0.2) is 0 Å². The number of benzene rings is 2. The molecule has 2 aromatic carbocycles. The highest BCUT2D eigenvalue weighted by molar-refractivity contribution is 7.87. The van der Waals surface area contributed by atoms with E-state index in [1.807, 2.05) is 74.5 Å². The van der Waals surface area contributed by atoms with Crippen molar-refractivity contribution >= 4 is 10.2 Å². The molecule has 2 heterocycles. The molecule has 0 aliphatic carbocycles. The zero-order chi connectivity index (χ0) is 23.5. The first kappa shape index (κ1) is 23.6. The molecule has 0 amide bonds. The largest absolute Gasteiger partial charge is 0.421 e. The predicted octanol–water partition coefficient (Wildman–Crippen LogP) is 3.04. The number of hydrogen-bond donors (Lipinski definition) is 1. The SMILES string of the molecule is CCN1CCN(C(CCc2ccccc2)c2nnc([C@](C)(N)Cc3ccccc3)o2)S1(=O)=O. The number of hydrogen-bond acceptors (Lipinski definition) is 6. The van der Waals surface area contributed by atoms with Crippen LogP contribution in [0.5, 0.6) is 0 Å². The third-order valence-corrected chi connectivity index (χ3v) is 8.19. The molecule has 2 atom stereocenters. The van der Waals surface area contributed by atoms with Gasteiger partial charge in [-0.2, -0.15) is 17.0 Å². The number of nitrogens with two attached hydrogens (primary N) is 1. The van der Waals surface area contributed by atoms with Gasteiger partial charge in [0, 0.05) is 19.6 Å². The highest BCUT2D eigenvalue weighted by Gasteiger charge is 2.43. The molecule has 0 radical (unpaired) electrons. The van der Waals surface area contributed by atoms with Crippen molar-refractivity contribution in [3.05, 3.63) is 83.6 Å². The summed E-state index contributed by atoms with van der Waals surface area (Å²) in [4.78, 5) is 0. The Labute approximate surface area is 195 Å². The summed E-state index contributed by atoms with van der Waals surface area (Å²) in [6.07, 6.45) is 1.74. The van der Waals surface area contributed by atoms with E-state index in [4.69, 9.17) is 10.2 Å². The Balaban J connectivity index is 1.61. The zero-order valence-electron chi connectivity index (χ0n) is 19.1. The molecule has 0 bridgehead atoms. The van der Waals surface area contributed by atoms with E-state index < -0.39 is 21.8 Å². The van der Waals surface area contributed by atoms with Gasteiger partial charge in [0.2, 0.25) is 11.8 Å². The highest BCUT2D eigenvalue weighted by Crippen LogP contribution is 2.33. The minimum atomic E-state index is -3.60. The molecule has 0 spiro atoms. The van der Waals surface area contributed by atoms with Gasteiger partial charge in [0.25, 0.3) is 10.2 Å². The van der Waals surface area contributed by atoms with E-state index in [1.165, 1.54) is 8.61 Å². The van der Waals surface area contributed by atoms with Gasteiger partial charge < -0.3 is 10.2 Å². The number of aryl methyl sites for hydroxylation is 1. The van der Waals surface area contributed by atoms with Gasteiger partial charge >= 0.3 is 0 Å². The zero-order valence-corrected chi connectivity index (χ0v) is 19.9. The second-order valence-electron chi connectivity index (χ2n) is 8.68. The Hall–Kier alpha value is -2.59. The molecule has 8 nitrogen and oxygen atoms in total. The summed E-state index contributed by atoms with van der Waals surface area (Å²) >= 11 is 0. The Bertz CT molecular complexity index is 1150. The first-order valence-electron chi connectivity index (χ1n) is 11.3. The monoisotopic (exact) mass is 469 g/mol. The first-order valence-corrected chi connectivity index (χ1v) is 12.7. The van der Waals surface area contributed by atoms with Crippen LogP contribution >= 0.6 is 0 Å². The van der Waals surface area contributed by atoms with E-state index in [-0.39, 0.29) is 5.89 Å². The maximum Gasteiger partial charge on any atom is 0.282 e. The van der Waals surface area contributed by atoms with Crippen LogP contribution in [-0.4, -0.2) is 46.9 Å². The van der Waals surface area contributed by atoms with Crippen molar-refractivity contribution in [3.8, 4) is 0 Å². The first-order chi connectivity index (χ1) is 15.8. The third kappa shape index (κ3) is 5.16. The molecular formula is C24H31N5O3S. The van der Waals surface area contributed by atoms with Gasteiger partial charge in [-0.05, 0) is 37.3 Å². The molecule has 1 saturated heterocycles. The van der Waals surface area contributed by atoms with Crippen molar-refractivity contribution < 1.29 is 12.8 Å². The normalized spacial score (nSPS) is 19.4. The van der Waals surface area contributed by atoms with E-state index in [2.05, 4.69) is 10.2 Å². The standard InChI is InChI=1S/C24H31N5O3S/c1-3-28-16-17-29(33(28,30)31)21(15-14-19-10-6-4-7-11-19)22-26-27-23(32-22)24(2,25)18-20-12-8-5-9-13-20/h4-13,21H,3,14-18,25H2,1-2H3/t21?,24-/m1/s1. The third-order valence-electron chi connectivity index (χ3n) is 6.07. The lowest BCUT2D eigenvalue weighted by Crippen LogP contribution is -2.36. The molecule has 1 aromatic heterocycles. The lowest BCUT2D eigenvalue weighted by molar-refractivity contribution is 0.257. The second-order valence-corrected chi connectivity index (χ2v) is 10.6. The molecule has 33 heavy (non-hydrogen) atoms. The van der Waals surface area contributed by atoms with Crippen LogP contribution in [0.4, 0.5) is 0 Å². The second kappa shape index (κ2) is 9.72. The summed E-state index contributed by atoms with van der Waals surface area (Å²) in [5.74, 6) is 0.585. The Morgan fingerprint density at radius 1 is 1.03 bits per heavy atom. The van der Waals surface area contributed by atoms with Gasteiger partial charge in [0.05, 0.1) is 5.54 Å². The van der Waals surface area contributed by atoms with E-state index in [0.717, 1.165) is 11.1 Å². The Morgan fingerprint density at radius 3 is 2.27 bits per heavy atom. The van der Waals surface area contributed by atoms with Crippen molar-refractivity contribution in [2.75, 3.05) is 19.6 Å². The maximum atomic E-state index is 13.1. The number of nitrogens with zero attached hydrogens (tertiary/aromatic N) is 4. The van der Waals surface area contributed by atoms with Crippen molar-refractivity contribution in [2.45, 2.75) is 44.7 Å². The molecule has 9 heteroatoms. The summed E-state index contributed by atoms with van der Waals surface area (Å²) < 4.78 is 35.3. The molecule has 1 aliphatic rings. The minimum Gasteiger partial charge on any atom is -0.421 e. The van der Waals surface area contributed by atoms with Crippen molar-refractivity contribution in [1.29, 1.82) is 0 Å². The lowest BCUT2D eigenvalue weighted by Gasteiger charge is -2.25. The highest BCUT2D eigenvalue weighted by atomic mass is 32.2. The fourth-order valence-corrected chi connectivity index (χ4v) is 6.03. The van der Waals surface area contributed by atoms with Crippen molar-refractivity contribution in [1.82, 2.24) is 18.8 Å². The van der Waals surface area contributed by atoms with Crippen LogP contribution in [-0.2, 0) is 28.6 Å². The summed E-state index contributed by atoms with van der Waals surface area (Å²) in [7, 11) is -3.60. The topological polar surface area (TPSA) is 106 Å². The molecule has 1 aliphatic heterocycles. The summed E-state index contributed by atoms with van der Waals surface area (Å²) in [5.41, 5.74) is 7.87. The van der Waals surface area contributed by atoms with Gasteiger partial charge in [-0.15, -0.1) is 10.2 Å². The maximum absolute atomic E-state index is 13.1. The Kier molecular flexibility index (Phi) is 6.94. The van der Waals surface area contributed by atoms with E-state index in [0.29, 0.717) is 44.8 Å². The van der Waals surface area contributed by atoms with Crippen LogP contribution in [0, 0.1) is 0 Å². The molecule has 2 N–H and O–H groups in total. The molecule has 0 saturated carbocycles. The predicted molar refractivity (Wildman–Crippen MR) is 126 cm³/mol. The molecule has 176 valence electrons. The number of rotatable bonds is 9. The fraction of sp³-hybridized carbons (Fsp3) is 0.417. The molecular weight excluding hydrogens is 438 g/mol. The average molecular weight is 470 g/mol. The smallest absolute Gasteiger partial charge is 0.282 e. The van der Waals surface area contributed by atoms with Gasteiger partial charge in [-0.25, -0.2) is 0 Å². The minimum absolute atomic E-state index is 0.284.